The average molecular weight is 697 g/mol. The van der Waals surface area contributed by atoms with Gasteiger partial charge in [-0.25, -0.2) is 0 Å². The van der Waals surface area contributed by atoms with Crippen molar-refractivity contribution in [3.8, 4) is 55.8 Å². The number of fused-ring (bicyclic) bond motifs is 7. The van der Waals surface area contributed by atoms with Crippen molar-refractivity contribution in [1.82, 2.24) is 0 Å². The van der Waals surface area contributed by atoms with Gasteiger partial charge in [0.25, 0.3) is 0 Å². The minimum atomic E-state index is -0.433. The third-order valence-corrected chi connectivity index (χ3v) is 10.3. The molecule has 0 radical (unpaired) electrons. The highest BCUT2D eigenvalue weighted by Crippen LogP contribution is 2.47. The molecule has 0 aliphatic heterocycles. The van der Waals surface area contributed by atoms with Crippen molar-refractivity contribution in [1.29, 1.82) is 0 Å². The molecule has 2 heteroatoms. The fourth-order valence-corrected chi connectivity index (χ4v) is 7.92. The van der Waals surface area contributed by atoms with Crippen LogP contribution in [0.2, 0.25) is 0 Å². The molecule has 11 aromatic rings. The molecule has 0 aliphatic carbocycles. The Kier molecular flexibility index (Phi) is 5.30. The number of hydrogen-bond donors (Lipinski definition) is 0. The van der Waals surface area contributed by atoms with Gasteiger partial charge in [-0.15, -0.1) is 0 Å². The first-order valence-corrected chi connectivity index (χ1v) is 17.8. The molecule has 0 unspecified atom stereocenters. The third-order valence-electron chi connectivity index (χ3n) is 10.3. The van der Waals surface area contributed by atoms with Crippen molar-refractivity contribution in [2.45, 2.75) is 0 Å². The Hall–Kier alpha value is -7.16. The van der Waals surface area contributed by atoms with E-state index in [1.54, 1.807) is 24.3 Å². The van der Waals surface area contributed by atoms with Crippen molar-refractivity contribution in [2.75, 3.05) is 0 Å². The van der Waals surface area contributed by atoms with E-state index in [0.717, 1.165) is 55.3 Å². The Labute approximate surface area is 323 Å². The van der Waals surface area contributed by atoms with Gasteiger partial charge in [0.05, 0.1) is 16.4 Å². The molecule has 0 atom stereocenters. The van der Waals surface area contributed by atoms with E-state index in [4.69, 9.17) is 14.3 Å². The first kappa shape index (κ1) is 23.4. The maximum Gasteiger partial charge on any atom is 0.147 e. The van der Waals surface area contributed by atoms with Crippen LogP contribution in [0, 0.1) is 0 Å². The van der Waals surface area contributed by atoms with Crippen molar-refractivity contribution in [2.24, 2.45) is 0 Å². The third kappa shape index (κ3) is 4.74. The van der Waals surface area contributed by atoms with Gasteiger partial charge in [0.2, 0.25) is 0 Å². The Bertz CT molecular complexity index is 3560. The molecule has 2 aromatic heterocycles. The monoisotopic (exact) mass is 696 g/mol. The van der Waals surface area contributed by atoms with Gasteiger partial charge in [-0.2, -0.15) is 0 Å². The molecule has 0 amide bonds. The van der Waals surface area contributed by atoms with Gasteiger partial charge in [0.15, 0.2) is 0 Å². The summed E-state index contributed by atoms with van der Waals surface area (Å²) in [6.07, 6.45) is 0. The molecule has 11 rings (SSSR count). The highest BCUT2D eigenvalue weighted by molar-refractivity contribution is 6.22. The second-order valence-electron chi connectivity index (χ2n) is 13.4. The van der Waals surface area contributed by atoms with Crippen molar-refractivity contribution in [3.63, 3.8) is 0 Å². The van der Waals surface area contributed by atoms with Gasteiger partial charge in [-0.05, 0) is 84.8 Å². The van der Waals surface area contributed by atoms with Crippen LogP contribution in [-0.2, 0) is 0 Å². The lowest BCUT2D eigenvalue weighted by Crippen LogP contribution is -1.90. The first-order valence-electron chi connectivity index (χ1n) is 21.8. The van der Waals surface area contributed by atoms with E-state index in [2.05, 4.69) is 24.3 Å². The molecular formula is C52H32O2. The number of rotatable bonds is 5. The van der Waals surface area contributed by atoms with E-state index in [-0.39, 0.29) is 45.7 Å². The predicted molar refractivity (Wildman–Crippen MR) is 226 cm³/mol. The zero-order valence-corrected chi connectivity index (χ0v) is 28.7. The SMILES string of the molecule is [2H]c1c([2H])c([2H])c2c(-c3ccc(-c4ccc5oc6ccc7c(-c8ccccc8)c(-c8ccccc8)oc7c6c5c4)cc3)c3c([2H])c([2H])c([2H])c([2H])c3c(-c3ccccc3)c2c1[2H]. The second-order valence-corrected chi connectivity index (χ2v) is 13.4. The lowest BCUT2D eigenvalue weighted by molar-refractivity contribution is 0.634. The summed E-state index contributed by atoms with van der Waals surface area (Å²) in [6.45, 7) is 0. The average Bonchev–Trinajstić information content (AvgIpc) is 3.90. The van der Waals surface area contributed by atoms with Gasteiger partial charge >= 0.3 is 0 Å². The summed E-state index contributed by atoms with van der Waals surface area (Å²) in [5, 5.41) is 3.43. The molecule has 0 saturated carbocycles. The van der Waals surface area contributed by atoms with E-state index < -0.39 is 24.2 Å². The van der Waals surface area contributed by atoms with Crippen LogP contribution in [0.5, 0.6) is 0 Å². The molecule has 0 fully saturated rings. The zero-order chi connectivity index (χ0) is 42.6. The number of hydrogen-bond acceptors (Lipinski definition) is 2. The van der Waals surface area contributed by atoms with Crippen molar-refractivity contribution in [3.05, 3.63) is 194 Å². The molecule has 0 N–H and O–H groups in total. The molecule has 9 aromatic carbocycles. The van der Waals surface area contributed by atoms with Crippen molar-refractivity contribution < 1.29 is 19.8 Å². The summed E-state index contributed by atoms with van der Waals surface area (Å²) in [4.78, 5) is 0. The topological polar surface area (TPSA) is 26.3 Å². The van der Waals surface area contributed by atoms with Gasteiger partial charge in [0, 0.05) is 21.9 Å². The van der Waals surface area contributed by atoms with Crippen LogP contribution in [0.3, 0.4) is 0 Å². The van der Waals surface area contributed by atoms with Crippen LogP contribution in [0.25, 0.3) is 110 Å². The van der Waals surface area contributed by atoms with E-state index in [1.165, 1.54) is 0 Å². The van der Waals surface area contributed by atoms with E-state index in [0.29, 0.717) is 33.4 Å². The van der Waals surface area contributed by atoms with Crippen LogP contribution in [-0.4, -0.2) is 0 Å². The molecule has 0 spiro atoms. The molecular weight excluding hydrogens is 657 g/mol. The minimum Gasteiger partial charge on any atom is -0.456 e. The van der Waals surface area contributed by atoms with Gasteiger partial charge in [0.1, 0.15) is 22.5 Å². The molecule has 54 heavy (non-hydrogen) atoms. The number of furan rings is 2. The summed E-state index contributed by atoms with van der Waals surface area (Å²) >= 11 is 0. The standard InChI is InChI=1S/C52H32O2/c1-4-14-34(15-5-1)47-39-20-10-12-22-41(39)48(42-23-13-11-21-40(42)47)36-26-24-33(25-27-36)38-28-30-45-44(32-38)50-46(53-45)31-29-43-49(35-16-6-2-7-17-35)51(54-52(43)50)37-18-8-3-9-19-37/h1-32H/i10D,11D,12D,13D,20D,21D,22D,23D. The molecule has 0 saturated heterocycles. The summed E-state index contributed by atoms with van der Waals surface area (Å²) in [5.41, 5.74) is 8.60. The van der Waals surface area contributed by atoms with E-state index in [9.17, 15) is 5.48 Å². The number of benzene rings is 9. The highest BCUT2D eigenvalue weighted by Gasteiger charge is 2.22. The lowest BCUT2D eigenvalue weighted by atomic mass is 9.86. The Morgan fingerprint density at radius 1 is 0.333 bits per heavy atom. The van der Waals surface area contributed by atoms with Crippen LogP contribution in [0.15, 0.2) is 203 Å². The minimum absolute atomic E-state index is 0.179. The smallest absolute Gasteiger partial charge is 0.147 e. The highest BCUT2D eigenvalue weighted by atomic mass is 16.3. The molecule has 2 nitrogen and oxygen atoms in total. The lowest BCUT2D eigenvalue weighted by Gasteiger charge is -2.18. The molecule has 0 bridgehead atoms. The van der Waals surface area contributed by atoms with Gasteiger partial charge in [-0.1, -0.05) is 170 Å². The largest absolute Gasteiger partial charge is 0.456 e. The van der Waals surface area contributed by atoms with E-state index >= 15 is 0 Å². The summed E-state index contributed by atoms with van der Waals surface area (Å²) in [5.74, 6) is 0.770. The predicted octanol–water partition coefficient (Wildman–Crippen LogP) is 15.0. The summed E-state index contributed by atoms with van der Waals surface area (Å²) < 4.78 is 84.9. The normalized spacial score (nSPS) is 13.8. The fourth-order valence-electron chi connectivity index (χ4n) is 7.92. The van der Waals surface area contributed by atoms with Crippen LogP contribution >= 0.6 is 0 Å². The quantitative estimate of drug-likeness (QED) is 0.167. The van der Waals surface area contributed by atoms with Gasteiger partial charge in [-0.3, -0.25) is 0 Å². The van der Waals surface area contributed by atoms with Crippen molar-refractivity contribution >= 4 is 54.5 Å². The molecule has 252 valence electrons. The van der Waals surface area contributed by atoms with Gasteiger partial charge < -0.3 is 8.83 Å². The maximum atomic E-state index is 9.25. The Morgan fingerprint density at radius 2 is 0.796 bits per heavy atom. The first-order chi connectivity index (χ1) is 30.1. The van der Waals surface area contributed by atoms with Crippen LogP contribution < -0.4 is 0 Å². The maximum absolute atomic E-state index is 9.25. The van der Waals surface area contributed by atoms with Crippen LogP contribution in [0.4, 0.5) is 0 Å². The summed E-state index contributed by atoms with van der Waals surface area (Å²) in [7, 11) is 0. The summed E-state index contributed by atoms with van der Waals surface area (Å²) in [6, 6.07) is 44.0. The Morgan fingerprint density at radius 3 is 1.37 bits per heavy atom. The second kappa shape index (κ2) is 12.2. The molecule has 0 aliphatic rings. The fraction of sp³-hybridized carbons (Fsp3) is 0. The van der Waals surface area contributed by atoms with Crippen LogP contribution in [0.1, 0.15) is 11.0 Å². The van der Waals surface area contributed by atoms with E-state index in [1.807, 2.05) is 97.1 Å². The zero-order valence-electron chi connectivity index (χ0n) is 36.7. The Balaban J connectivity index is 1.14. The molecule has 2 heterocycles.